The molecule has 1 saturated heterocycles. The van der Waals surface area contributed by atoms with Gasteiger partial charge in [-0.1, -0.05) is 12.1 Å². The maximum Gasteiger partial charge on any atom is 0.123 e. The fraction of sp³-hybridized carbons (Fsp3) is 0.500. The van der Waals surface area contributed by atoms with Crippen LogP contribution in [0.5, 0.6) is 0 Å². The highest BCUT2D eigenvalue weighted by atomic mass is 19.1. The van der Waals surface area contributed by atoms with Crippen molar-refractivity contribution in [3.8, 4) is 0 Å². The summed E-state index contributed by atoms with van der Waals surface area (Å²) in [6.45, 7) is 4.29. The Morgan fingerprint density at radius 3 is 2.81 bits per heavy atom. The summed E-state index contributed by atoms with van der Waals surface area (Å²) in [4.78, 5) is 2.33. The van der Waals surface area contributed by atoms with E-state index in [0.29, 0.717) is 0 Å². The molecule has 3 N–H and O–H groups in total. The third kappa shape index (κ3) is 3.01. The molecular weight excluding hydrogens is 207 g/mol. The summed E-state index contributed by atoms with van der Waals surface area (Å²) in [5, 5.41) is 0. The van der Waals surface area contributed by atoms with Gasteiger partial charge >= 0.3 is 0 Å². The van der Waals surface area contributed by atoms with E-state index < -0.39 is 0 Å². The first-order valence-corrected chi connectivity index (χ1v) is 5.65. The van der Waals surface area contributed by atoms with Crippen molar-refractivity contribution in [2.45, 2.75) is 12.6 Å². The van der Waals surface area contributed by atoms with Crippen molar-refractivity contribution in [2.24, 2.45) is 0 Å². The van der Waals surface area contributed by atoms with E-state index in [-0.39, 0.29) is 11.9 Å². The van der Waals surface area contributed by atoms with Crippen LogP contribution in [0.15, 0.2) is 24.3 Å². The van der Waals surface area contributed by atoms with E-state index in [4.69, 9.17) is 4.74 Å². The Labute approximate surface area is 95.0 Å². The van der Waals surface area contributed by atoms with Gasteiger partial charge in [-0.15, -0.1) is 0 Å². The summed E-state index contributed by atoms with van der Waals surface area (Å²) in [7, 11) is 0. The standard InChI is InChI=1S/C12H17FN2O/c13-11-3-1-10(2-4-11)8-15-5-6-16-12(7-14)9-15/h1-4,12H,5-9,14H2/p+1/t12-/m1/s1. The van der Waals surface area contributed by atoms with Gasteiger partial charge in [0.2, 0.25) is 0 Å². The number of hydrogen-bond acceptors (Lipinski definition) is 2. The molecule has 1 fully saturated rings. The minimum atomic E-state index is -0.179. The lowest BCUT2D eigenvalue weighted by molar-refractivity contribution is -0.389. The van der Waals surface area contributed by atoms with Gasteiger partial charge in [0.15, 0.2) is 0 Å². The van der Waals surface area contributed by atoms with Crippen molar-refractivity contribution >= 4 is 0 Å². The fourth-order valence-corrected chi connectivity index (χ4v) is 1.95. The topological polar surface area (TPSA) is 40.1 Å². The molecule has 1 aliphatic rings. The van der Waals surface area contributed by atoms with Crippen LogP contribution >= 0.6 is 0 Å². The molecular formula is C12H18FN2O+. The molecule has 0 aromatic heterocycles. The van der Waals surface area contributed by atoms with E-state index in [0.717, 1.165) is 38.3 Å². The number of quaternary nitrogens is 1. The quantitative estimate of drug-likeness (QED) is 0.802. The van der Waals surface area contributed by atoms with E-state index in [1.165, 1.54) is 12.1 Å². The molecule has 0 aliphatic carbocycles. The van der Waals surface area contributed by atoms with Gasteiger partial charge in [-0.05, 0) is 17.7 Å². The van der Waals surface area contributed by atoms with Crippen LogP contribution in [0.1, 0.15) is 5.56 Å². The normalized spacial score (nSPS) is 22.2. The maximum absolute atomic E-state index is 12.7. The van der Waals surface area contributed by atoms with Gasteiger partial charge in [0.1, 0.15) is 18.5 Å². The first kappa shape index (κ1) is 11.5. The zero-order valence-corrected chi connectivity index (χ0v) is 9.36. The van der Waals surface area contributed by atoms with Crippen LogP contribution in [0.2, 0.25) is 0 Å². The van der Waals surface area contributed by atoms with E-state index in [1.54, 1.807) is 0 Å². The highest BCUT2D eigenvalue weighted by molar-refractivity contribution is 5.15. The van der Waals surface area contributed by atoms with Crippen LogP contribution in [0, 0.1) is 5.82 Å². The molecule has 1 heterocycles. The molecule has 4 heteroatoms. The van der Waals surface area contributed by atoms with Crippen molar-refractivity contribution in [1.82, 2.24) is 4.90 Å². The number of morpholine rings is 1. The predicted molar refractivity (Wildman–Crippen MR) is 59.2 cm³/mol. The lowest BCUT2D eigenvalue weighted by Crippen LogP contribution is -2.60. The van der Waals surface area contributed by atoms with Crippen LogP contribution in [0.3, 0.4) is 0 Å². The van der Waals surface area contributed by atoms with Crippen LogP contribution < -0.4 is 5.73 Å². The van der Waals surface area contributed by atoms with Crippen LogP contribution in [-0.4, -0.2) is 37.2 Å². The van der Waals surface area contributed by atoms with Crippen LogP contribution in [0.4, 0.5) is 4.39 Å². The second kappa shape index (κ2) is 5.39. The first-order valence-electron chi connectivity index (χ1n) is 5.65. The third-order valence-electron chi connectivity index (χ3n) is 2.86. The molecule has 0 saturated carbocycles. The van der Waals surface area contributed by atoms with Crippen LogP contribution in [0.25, 0.3) is 0 Å². The van der Waals surface area contributed by atoms with E-state index in [9.17, 15) is 4.39 Å². The molecule has 3 nitrogen and oxygen atoms in total. The molecule has 0 spiro atoms. The van der Waals surface area contributed by atoms with Gasteiger partial charge in [-0.2, -0.15) is 0 Å². The van der Waals surface area contributed by atoms with Gasteiger partial charge in [0, 0.05) is 19.6 Å². The number of ether oxygens (including phenoxy) is 1. The molecule has 88 valence electrons. The number of hydrogen-bond donors (Lipinski definition) is 1. The van der Waals surface area contributed by atoms with Crippen molar-refractivity contribution in [3.63, 3.8) is 0 Å². The maximum atomic E-state index is 12.7. The summed E-state index contributed by atoms with van der Waals surface area (Å²) < 4.78 is 18.3. The largest absolute Gasteiger partial charge is 0.370 e. The number of halogens is 1. The summed E-state index contributed by atoms with van der Waals surface area (Å²) >= 11 is 0. The average Bonchev–Trinajstić information content (AvgIpc) is 2.32. The smallest absolute Gasteiger partial charge is 0.123 e. The molecule has 1 aromatic rings. The lowest BCUT2D eigenvalue weighted by Gasteiger charge is -2.31. The van der Waals surface area contributed by atoms with E-state index in [2.05, 4.69) is 10.6 Å². The molecule has 0 amide bonds. The van der Waals surface area contributed by atoms with Crippen molar-refractivity contribution in [3.05, 3.63) is 35.6 Å². The first-order chi connectivity index (χ1) is 7.78. The Hall–Kier alpha value is -0.970. The zero-order valence-electron chi connectivity index (χ0n) is 9.36. The summed E-state index contributed by atoms with van der Waals surface area (Å²) in [5.41, 5.74) is 5.01. The number of benzene rings is 1. The number of rotatable bonds is 3. The van der Waals surface area contributed by atoms with Gasteiger partial charge in [0.05, 0.1) is 6.61 Å². The highest BCUT2D eigenvalue weighted by Crippen LogP contribution is 2.10. The monoisotopic (exact) mass is 225 g/mol. The Morgan fingerprint density at radius 1 is 1.38 bits per heavy atom. The molecule has 16 heavy (non-hydrogen) atoms. The molecule has 1 atom stereocenters. The summed E-state index contributed by atoms with van der Waals surface area (Å²) in [6.07, 6.45) is 0.245. The molecule has 1 aromatic carbocycles. The fourth-order valence-electron chi connectivity index (χ4n) is 1.95. The second-order valence-electron chi connectivity index (χ2n) is 4.14. The van der Waals surface area contributed by atoms with E-state index in [1.807, 2.05) is 12.1 Å². The molecule has 2 rings (SSSR count). The summed E-state index contributed by atoms with van der Waals surface area (Å²) in [5.74, 6) is -0.179. The summed E-state index contributed by atoms with van der Waals surface area (Å²) in [6, 6.07) is 6.69. The number of nitrogens with zero attached hydrogens (tertiary/aromatic N) is 1. The molecule has 0 bridgehead atoms. The van der Waals surface area contributed by atoms with Crippen molar-refractivity contribution in [1.29, 1.82) is 0 Å². The van der Waals surface area contributed by atoms with Crippen molar-refractivity contribution < 1.29 is 14.9 Å². The van der Waals surface area contributed by atoms with E-state index >= 15 is 0 Å². The third-order valence-corrected chi connectivity index (χ3v) is 2.86. The van der Waals surface area contributed by atoms with Gasteiger partial charge in [0.25, 0.3) is 0 Å². The Morgan fingerprint density at radius 2 is 2.12 bits per heavy atom. The SMILES string of the molecule is [NH3+]C[C@@H]1CN(Cc2ccc(F)cc2)CCO1. The van der Waals surface area contributed by atoms with Gasteiger partial charge in [-0.25, -0.2) is 4.39 Å². The molecule has 0 unspecified atom stereocenters. The highest BCUT2D eigenvalue weighted by Gasteiger charge is 2.20. The second-order valence-corrected chi connectivity index (χ2v) is 4.14. The van der Waals surface area contributed by atoms with Gasteiger partial charge < -0.3 is 10.5 Å². The lowest BCUT2D eigenvalue weighted by atomic mass is 10.2. The molecule has 0 radical (unpaired) electrons. The van der Waals surface area contributed by atoms with Crippen molar-refractivity contribution in [2.75, 3.05) is 26.2 Å². The Kier molecular flexibility index (Phi) is 3.88. The molecule has 1 aliphatic heterocycles. The Bertz CT molecular complexity index is 328. The van der Waals surface area contributed by atoms with Gasteiger partial charge in [-0.3, -0.25) is 4.90 Å². The zero-order chi connectivity index (χ0) is 11.4. The van der Waals surface area contributed by atoms with Crippen LogP contribution in [-0.2, 0) is 11.3 Å². The minimum absolute atomic E-state index is 0.179. The average molecular weight is 225 g/mol. The predicted octanol–water partition coefficient (Wildman–Crippen LogP) is 0.268. The minimum Gasteiger partial charge on any atom is -0.370 e. The Balaban J connectivity index is 1.91.